The van der Waals surface area contributed by atoms with Crippen LogP contribution < -0.4 is 15.0 Å². The van der Waals surface area contributed by atoms with Crippen LogP contribution in [-0.4, -0.2) is 26.1 Å². The van der Waals surface area contributed by atoms with Gasteiger partial charge in [0.15, 0.2) is 11.5 Å². The molecule has 0 saturated carbocycles. The Morgan fingerprint density at radius 1 is 1.07 bits per heavy atom. The normalized spacial score (nSPS) is 13.7. The van der Waals surface area contributed by atoms with Gasteiger partial charge in [0.1, 0.15) is 11.3 Å². The lowest BCUT2D eigenvalue weighted by atomic mass is 10.1. The molecule has 5 rings (SSSR count). The summed E-state index contributed by atoms with van der Waals surface area (Å²) in [6, 6.07) is 12.8. The molecule has 2 aromatic heterocycles. The fraction of sp³-hybridized carbons (Fsp3) is 0.143. The van der Waals surface area contributed by atoms with E-state index in [1.807, 2.05) is 0 Å². The minimum Gasteiger partial charge on any atom is -0.454 e. The SMILES string of the molecule is O=c1c2cc(-c3ccc(F)cc3)nn2ccn1C[C@H](O)c1ccc2c(c1)OCO2. The van der Waals surface area contributed by atoms with Crippen LogP contribution >= 0.6 is 0 Å². The van der Waals surface area contributed by atoms with E-state index in [4.69, 9.17) is 9.47 Å². The third-order valence-corrected chi connectivity index (χ3v) is 4.89. The summed E-state index contributed by atoms with van der Waals surface area (Å²) in [5.41, 5.74) is 1.98. The largest absolute Gasteiger partial charge is 0.454 e. The first-order chi connectivity index (χ1) is 14.1. The molecule has 4 aromatic rings. The summed E-state index contributed by atoms with van der Waals surface area (Å²) < 4.78 is 26.7. The van der Waals surface area contributed by atoms with Gasteiger partial charge in [-0.25, -0.2) is 8.91 Å². The van der Waals surface area contributed by atoms with Crippen LogP contribution in [0.1, 0.15) is 11.7 Å². The zero-order valence-corrected chi connectivity index (χ0v) is 15.2. The molecule has 1 N–H and O–H groups in total. The van der Waals surface area contributed by atoms with E-state index in [0.29, 0.717) is 33.8 Å². The molecule has 0 radical (unpaired) electrons. The second kappa shape index (κ2) is 6.75. The average Bonchev–Trinajstić information content (AvgIpc) is 3.37. The van der Waals surface area contributed by atoms with Crippen molar-refractivity contribution in [2.45, 2.75) is 12.6 Å². The molecule has 146 valence electrons. The quantitative estimate of drug-likeness (QED) is 0.577. The van der Waals surface area contributed by atoms with E-state index in [9.17, 15) is 14.3 Å². The van der Waals surface area contributed by atoms with Crippen molar-refractivity contribution in [3.8, 4) is 22.8 Å². The van der Waals surface area contributed by atoms with Crippen LogP contribution in [-0.2, 0) is 6.54 Å². The number of benzene rings is 2. The summed E-state index contributed by atoms with van der Waals surface area (Å²) in [6.45, 7) is 0.231. The number of halogens is 1. The van der Waals surface area contributed by atoms with Gasteiger partial charge in [-0.05, 0) is 48.0 Å². The fourth-order valence-electron chi connectivity index (χ4n) is 3.34. The molecule has 7 nitrogen and oxygen atoms in total. The first-order valence-corrected chi connectivity index (χ1v) is 9.01. The summed E-state index contributed by atoms with van der Waals surface area (Å²) in [5.74, 6) is 0.869. The molecule has 0 spiro atoms. The molecule has 0 fully saturated rings. The Morgan fingerprint density at radius 3 is 2.69 bits per heavy atom. The Hall–Kier alpha value is -3.65. The maximum Gasteiger partial charge on any atom is 0.276 e. The number of rotatable bonds is 4. The maximum absolute atomic E-state index is 13.1. The number of hydrogen-bond acceptors (Lipinski definition) is 5. The molecule has 3 heterocycles. The molecule has 0 amide bonds. The second-order valence-electron chi connectivity index (χ2n) is 6.75. The van der Waals surface area contributed by atoms with E-state index in [1.54, 1.807) is 48.8 Å². The Morgan fingerprint density at radius 2 is 1.86 bits per heavy atom. The molecule has 1 aliphatic heterocycles. The van der Waals surface area contributed by atoms with Crippen LogP contribution in [0.4, 0.5) is 4.39 Å². The van der Waals surface area contributed by atoms with Crippen molar-refractivity contribution in [1.82, 2.24) is 14.2 Å². The van der Waals surface area contributed by atoms with Gasteiger partial charge in [0, 0.05) is 18.0 Å². The molecule has 0 bridgehead atoms. The highest BCUT2D eigenvalue weighted by Gasteiger charge is 2.18. The molecule has 0 saturated heterocycles. The van der Waals surface area contributed by atoms with Gasteiger partial charge in [0.2, 0.25) is 6.79 Å². The number of aliphatic hydroxyl groups excluding tert-OH is 1. The molecule has 29 heavy (non-hydrogen) atoms. The van der Waals surface area contributed by atoms with Crippen molar-refractivity contribution in [3.05, 3.63) is 82.7 Å². The highest BCUT2D eigenvalue weighted by atomic mass is 19.1. The van der Waals surface area contributed by atoms with Crippen LogP contribution in [0.25, 0.3) is 16.8 Å². The predicted octanol–water partition coefficient (Wildman–Crippen LogP) is 2.76. The maximum atomic E-state index is 13.1. The van der Waals surface area contributed by atoms with Crippen LogP contribution in [0.15, 0.2) is 65.7 Å². The monoisotopic (exact) mass is 393 g/mol. The predicted molar refractivity (Wildman–Crippen MR) is 102 cm³/mol. The van der Waals surface area contributed by atoms with E-state index in [0.717, 1.165) is 0 Å². The molecule has 1 aliphatic rings. The van der Waals surface area contributed by atoms with Gasteiger partial charge in [-0.2, -0.15) is 5.10 Å². The molecular weight excluding hydrogens is 377 g/mol. The summed E-state index contributed by atoms with van der Waals surface area (Å²) in [4.78, 5) is 12.9. The van der Waals surface area contributed by atoms with E-state index >= 15 is 0 Å². The molecule has 0 aliphatic carbocycles. The first-order valence-electron chi connectivity index (χ1n) is 9.01. The second-order valence-corrected chi connectivity index (χ2v) is 6.75. The van der Waals surface area contributed by atoms with Crippen molar-refractivity contribution in [2.24, 2.45) is 0 Å². The number of aromatic nitrogens is 3. The fourth-order valence-corrected chi connectivity index (χ4v) is 3.34. The van der Waals surface area contributed by atoms with Crippen molar-refractivity contribution in [1.29, 1.82) is 0 Å². The van der Waals surface area contributed by atoms with E-state index in [1.165, 1.54) is 21.2 Å². The van der Waals surface area contributed by atoms with E-state index in [-0.39, 0.29) is 24.7 Å². The Labute approximate surface area is 164 Å². The minimum absolute atomic E-state index is 0.0754. The highest BCUT2D eigenvalue weighted by molar-refractivity contribution is 5.65. The summed E-state index contributed by atoms with van der Waals surface area (Å²) in [6.07, 6.45) is 2.33. The lowest BCUT2D eigenvalue weighted by molar-refractivity contribution is 0.154. The van der Waals surface area contributed by atoms with Gasteiger partial charge >= 0.3 is 0 Å². The van der Waals surface area contributed by atoms with Crippen molar-refractivity contribution in [2.75, 3.05) is 6.79 Å². The lowest BCUT2D eigenvalue weighted by Crippen LogP contribution is -2.24. The number of hydrogen-bond donors (Lipinski definition) is 1. The molecule has 0 unspecified atom stereocenters. The standard InChI is InChI=1S/C21H16FN3O4/c22-15-4-1-13(2-5-15)16-10-17-21(27)24(7-8-25(17)23-16)11-18(26)14-3-6-19-20(9-14)29-12-28-19/h1-10,18,26H,11-12H2/t18-/m0/s1. The number of ether oxygens (including phenoxy) is 2. The molecule has 1 atom stereocenters. The number of fused-ring (bicyclic) bond motifs is 2. The van der Waals surface area contributed by atoms with Crippen LogP contribution in [0.2, 0.25) is 0 Å². The first kappa shape index (κ1) is 17.4. The van der Waals surface area contributed by atoms with E-state index in [2.05, 4.69) is 5.10 Å². The van der Waals surface area contributed by atoms with Gasteiger partial charge in [-0.3, -0.25) is 4.79 Å². The van der Waals surface area contributed by atoms with Gasteiger partial charge < -0.3 is 19.1 Å². The molecule has 2 aromatic carbocycles. The van der Waals surface area contributed by atoms with Gasteiger partial charge in [-0.1, -0.05) is 6.07 Å². The number of nitrogens with zero attached hydrogens (tertiary/aromatic N) is 3. The third-order valence-electron chi connectivity index (χ3n) is 4.89. The van der Waals surface area contributed by atoms with Crippen LogP contribution in [0.5, 0.6) is 11.5 Å². The Bertz CT molecular complexity index is 1260. The van der Waals surface area contributed by atoms with E-state index < -0.39 is 6.10 Å². The smallest absolute Gasteiger partial charge is 0.276 e. The Balaban J connectivity index is 1.45. The zero-order chi connectivity index (χ0) is 20.0. The van der Waals surface area contributed by atoms with Gasteiger partial charge in [0.05, 0.1) is 18.3 Å². The highest BCUT2D eigenvalue weighted by Crippen LogP contribution is 2.34. The summed E-state index contributed by atoms with van der Waals surface area (Å²) in [7, 11) is 0. The van der Waals surface area contributed by atoms with Crippen LogP contribution in [0, 0.1) is 5.82 Å². The van der Waals surface area contributed by atoms with Crippen molar-refractivity contribution < 1.29 is 19.0 Å². The summed E-state index contributed by atoms with van der Waals surface area (Å²) in [5, 5.41) is 15.0. The Kier molecular flexibility index (Phi) is 4.06. The zero-order valence-electron chi connectivity index (χ0n) is 15.2. The van der Waals surface area contributed by atoms with Crippen molar-refractivity contribution >= 4 is 5.52 Å². The van der Waals surface area contributed by atoms with Crippen molar-refractivity contribution in [3.63, 3.8) is 0 Å². The molecular formula is C21H16FN3O4. The summed E-state index contributed by atoms with van der Waals surface area (Å²) >= 11 is 0. The van der Waals surface area contributed by atoms with Crippen LogP contribution in [0.3, 0.4) is 0 Å². The van der Waals surface area contributed by atoms with Gasteiger partial charge in [-0.15, -0.1) is 0 Å². The topological polar surface area (TPSA) is 78.0 Å². The number of aliphatic hydroxyl groups is 1. The van der Waals surface area contributed by atoms with Gasteiger partial charge in [0.25, 0.3) is 5.56 Å². The lowest BCUT2D eigenvalue weighted by Gasteiger charge is -2.13. The minimum atomic E-state index is -0.899. The molecule has 8 heteroatoms. The third kappa shape index (κ3) is 3.13. The average molecular weight is 393 g/mol.